The van der Waals surface area contributed by atoms with Gasteiger partial charge in [-0.15, -0.1) is 0 Å². The molecule has 1 saturated carbocycles. The topological polar surface area (TPSA) is 18.5 Å². The van der Waals surface area contributed by atoms with E-state index in [0.29, 0.717) is 0 Å². The summed E-state index contributed by atoms with van der Waals surface area (Å²) in [7, 11) is -3.54. The second kappa shape index (κ2) is 6.19. The van der Waals surface area contributed by atoms with Crippen LogP contribution in [0.5, 0.6) is 0 Å². The summed E-state index contributed by atoms with van der Waals surface area (Å²) in [6.45, 7) is 26.9. The lowest BCUT2D eigenvalue weighted by molar-refractivity contribution is 0.205. The van der Waals surface area contributed by atoms with Crippen molar-refractivity contribution < 1.29 is 8.85 Å². The van der Waals surface area contributed by atoms with Crippen LogP contribution in [-0.2, 0) is 8.85 Å². The van der Waals surface area contributed by atoms with Crippen molar-refractivity contribution in [2.75, 3.05) is 0 Å². The first-order chi connectivity index (χ1) is 10.0. The fourth-order valence-corrected chi connectivity index (χ4v) is 4.47. The Morgan fingerprint density at radius 1 is 0.913 bits per heavy atom. The smallest absolute Gasteiger partial charge is 0.250 e. The first-order valence-electron chi connectivity index (χ1n) is 8.79. The Morgan fingerprint density at radius 3 is 1.70 bits per heavy atom. The zero-order valence-electron chi connectivity index (χ0n) is 17.1. The van der Waals surface area contributed by atoms with Gasteiger partial charge in [-0.25, -0.2) is 0 Å². The van der Waals surface area contributed by atoms with Crippen molar-refractivity contribution in [1.82, 2.24) is 0 Å². The predicted octanol–water partition coefficient (Wildman–Crippen LogP) is 6.63. The Kier molecular flexibility index (Phi) is 5.58. The third kappa shape index (κ3) is 5.33. The first-order valence-corrected chi connectivity index (χ1v) is 14.6. The molecule has 0 spiro atoms. The van der Waals surface area contributed by atoms with Crippen molar-refractivity contribution in [2.24, 2.45) is 0 Å². The van der Waals surface area contributed by atoms with Crippen LogP contribution in [-0.4, -0.2) is 22.2 Å². The minimum Gasteiger partial charge on any atom is -0.544 e. The van der Waals surface area contributed by atoms with Gasteiger partial charge < -0.3 is 8.85 Å². The van der Waals surface area contributed by atoms with Crippen molar-refractivity contribution in [3.63, 3.8) is 0 Å². The molecule has 134 valence electrons. The van der Waals surface area contributed by atoms with Crippen LogP contribution in [0.25, 0.3) is 0 Å². The van der Waals surface area contributed by atoms with E-state index in [0.717, 1.165) is 18.6 Å². The maximum Gasteiger partial charge on any atom is 0.250 e. The molecule has 0 aromatic heterocycles. The highest BCUT2D eigenvalue weighted by atomic mass is 28.4. The average molecular weight is 355 g/mol. The van der Waals surface area contributed by atoms with Gasteiger partial charge >= 0.3 is 0 Å². The summed E-state index contributed by atoms with van der Waals surface area (Å²) in [5.41, 5.74) is -0.0667. The standard InChI is InChI=1S/C19H38O2Si2/c1-16(20-22(8,9)17(2,3)4)12-13-19(14-15-19)21-23(10,11)18(5,6)7/h12-13H,1,14-15H2,2-11H3. The van der Waals surface area contributed by atoms with Gasteiger partial charge in [0.2, 0.25) is 8.32 Å². The Balaban J connectivity index is 2.73. The summed E-state index contributed by atoms with van der Waals surface area (Å²) >= 11 is 0. The molecule has 0 atom stereocenters. The van der Waals surface area contributed by atoms with E-state index >= 15 is 0 Å². The highest BCUT2D eigenvalue weighted by Gasteiger charge is 2.50. The molecule has 1 rings (SSSR count). The average Bonchev–Trinajstić information content (AvgIpc) is 3.02. The van der Waals surface area contributed by atoms with Crippen molar-refractivity contribution in [3.05, 3.63) is 24.5 Å². The quantitative estimate of drug-likeness (QED) is 0.302. The highest BCUT2D eigenvalue weighted by molar-refractivity contribution is 6.74. The normalized spacial score (nSPS) is 19.0. The summed E-state index contributed by atoms with van der Waals surface area (Å²) in [5, 5.41) is 0.434. The largest absolute Gasteiger partial charge is 0.544 e. The van der Waals surface area contributed by atoms with E-state index in [9.17, 15) is 0 Å². The predicted molar refractivity (Wildman–Crippen MR) is 107 cm³/mol. The summed E-state index contributed by atoms with van der Waals surface area (Å²) in [6.07, 6.45) is 6.47. The van der Waals surface area contributed by atoms with Crippen molar-refractivity contribution >= 4 is 16.6 Å². The maximum absolute atomic E-state index is 6.62. The van der Waals surface area contributed by atoms with Gasteiger partial charge in [-0.05, 0) is 55.2 Å². The Morgan fingerprint density at radius 2 is 1.35 bits per heavy atom. The molecular weight excluding hydrogens is 316 g/mol. The summed E-state index contributed by atoms with van der Waals surface area (Å²) < 4.78 is 12.9. The molecule has 0 amide bonds. The van der Waals surface area contributed by atoms with Gasteiger partial charge in [-0.3, -0.25) is 0 Å². The van der Waals surface area contributed by atoms with Gasteiger partial charge in [-0.1, -0.05) is 54.2 Å². The van der Waals surface area contributed by atoms with Crippen LogP contribution in [0.3, 0.4) is 0 Å². The van der Waals surface area contributed by atoms with Gasteiger partial charge in [0.25, 0.3) is 0 Å². The zero-order chi connectivity index (χ0) is 18.3. The molecule has 0 bridgehead atoms. The second-order valence-electron chi connectivity index (χ2n) is 10.1. The van der Waals surface area contributed by atoms with Gasteiger partial charge in [0.05, 0.1) is 11.4 Å². The molecule has 2 nitrogen and oxygen atoms in total. The summed E-state index contributed by atoms with van der Waals surface area (Å²) in [5.74, 6) is 0.779. The monoisotopic (exact) mass is 354 g/mol. The molecule has 0 saturated heterocycles. The molecule has 0 aliphatic heterocycles. The summed E-state index contributed by atoms with van der Waals surface area (Å²) in [6, 6.07) is 0. The zero-order valence-corrected chi connectivity index (χ0v) is 19.1. The molecule has 23 heavy (non-hydrogen) atoms. The Hall–Kier alpha value is -0.326. The number of hydrogen-bond acceptors (Lipinski definition) is 2. The third-order valence-corrected chi connectivity index (χ3v) is 14.7. The lowest BCUT2D eigenvalue weighted by Crippen LogP contribution is -2.44. The molecule has 0 unspecified atom stereocenters. The van der Waals surface area contributed by atoms with Gasteiger partial charge in [-0.2, -0.15) is 0 Å². The molecule has 0 aromatic rings. The molecule has 1 fully saturated rings. The molecule has 0 heterocycles. The van der Waals surface area contributed by atoms with Crippen LogP contribution < -0.4 is 0 Å². The van der Waals surface area contributed by atoms with E-state index in [2.05, 4.69) is 80.4 Å². The molecule has 0 aromatic carbocycles. The van der Waals surface area contributed by atoms with Crippen molar-refractivity contribution in [3.8, 4) is 0 Å². The Bertz CT molecular complexity index is 473. The molecule has 0 radical (unpaired) electrons. The number of hydrogen-bond donors (Lipinski definition) is 0. The minimum atomic E-state index is -1.80. The molecule has 4 heteroatoms. The minimum absolute atomic E-state index is 0.0667. The van der Waals surface area contributed by atoms with Gasteiger partial charge in [0, 0.05) is 0 Å². The SMILES string of the molecule is C=C(C=CC1(O[Si](C)(C)C(C)(C)C)CC1)O[Si](C)(C)C(C)(C)C. The molecule has 0 N–H and O–H groups in total. The molecule has 1 aliphatic rings. The highest BCUT2D eigenvalue weighted by Crippen LogP contribution is 2.48. The van der Waals surface area contributed by atoms with Crippen LogP contribution in [0.1, 0.15) is 54.4 Å². The molecule has 1 aliphatic carbocycles. The van der Waals surface area contributed by atoms with Crippen molar-refractivity contribution in [2.45, 2.75) is 96.2 Å². The van der Waals surface area contributed by atoms with Crippen molar-refractivity contribution in [1.29, 1.82) is 0 Å². The van der Waals surface area contributed by atoms with Gasteiger partial charge in [0.15, 0.2) is 8.32 Å². The van der Waals surface area contributed by atoms with Crippen LogP contribution in [0.15, 0.2) is 24.5 Å². The lowest BCUT2D eigenvalue weighted by atomic mass is 10.2. The third-order valence-electron chi connectivity index (χ3n) is 5.77. The van der Waals surface area contributed by atoms with Gasteiger partial charge in [0.1, 0.15) is 0 Å². The van der Waals surface area contributed by atoms with E-state index < -0.39 is 16.6 Å². The van der Waals surface area contributed by atoms with Crippen LogP contribution in [0.4, 0.5) is 0 Å². The van der Waals surface area contributed by atoms with Crippen LogP contribution in [0.2, 0.25) is 36.3 Å². The van der Waals surface area contributed by atoms with E-state index in [1.807, 2.05) is 6.08 Å². The molecular formula is C19H38O2Si2. The number of allylic oxidation sites excluding steroid dienone is 1. The second-order valence-corrected chi connectivity index (χ2v) is 19.5. The lowest BCUT2D eigenvalue weighted by Gasteiger charge is -2.39. The Labute approximate surface area is 146 Å². The maximum atomic E-state index is 6.62. The van der Waals surface area contributed by atoms with Crippen LogP contribution >= 0.6 is 0 Å². The van der Waals surface area contributed by atoms with E-state index in [1.165, 1.54) is 0 Å². The van der Waals surface area contributed by atoms with E-state index in [-0.39, 0.29) is 15.7 Å². The van der Waals surface area contributed by atoms with E-state index in [4.69, 9.17) is 8.85 Å². The summed E-state index contributed by atoms with van der Waals surface area (Å²) in [4.78, 5) is 0. The fraction of sp³-hybridized carbons (Fsp3) is 0.789. The first kappa shape index (κ1) is 20.7. The fourth-order valence-electron chi connectivity index (χ4n) is 1.85. The van der Waals surface area contributed by atoms with E-state index in [1.54, 1.807) is 0 Å². The number of rotatable bonds is 6. The van der Waals surface area contributed by atoms with Crippen LogP contribution in [0, 0.1) is 0 Å².